The van der Waals surface area contributed by atoms with Gasteiger partial charge in [-0.05, 0) is 25.5 Å². The third kappa shape index (κ3) is 4.87. The molecule has 8 nitrogen and oxygen atoms in total. The Morgan fingerprint density at radius 1 is 1.08 bits per heavy atom. The van der Waals surface area contributed by atoms with Crippen molar-refractivity contribution >= 4 is 23.4 Å². The molecule has 5 rings (SSSR count). The largest absolute Gasteiger partial charge is 0.482 e. The first-order valence-corrected chi connectivity index (χ1v) is 12.7. The third-order valence-corrected chi connectivity index (χ3v) is 7.19. The number of benzene rings is 2. The van der Waals surface area contributed by atoms with E-state index in [0.29, 0.717) is 0 Å². The summed E-state index contributed by atoms with van der Waals surface area (Å²) in [6, 6.07) is 10.8. The first-order chi connectivity index (χ1) is 18.7. The van der Waals surface area contributed by atoms with Crippen LogP contribution in [0.3, 0.4) is 0 Å². The molecule has 0 fully saturated rings. The molecule has 202 valence electrons. The predicted molar refractivity (Wildman–Crippen MR) is 141 cm³/mol. The average Bonchev–Trinajstić information content (AvgIpc) is 3.06. The molecule has 1 N–H and O–H groups in total. The summed E-state index contributed by atoms with van der Waals surface area (Å²) in [6.45, 7) is 3.67. The number of fused-ring (bicyclic) bond motifs is 4. The molecular formula is C28H25ClF2N4O4. The maximum atomic E-state index is 14.4. The second kappa shape index (κ2) is 10.5. The Bertz CT molecular complexity index is 1540. The SMILES string of the molecule is C[C@@H]1C=C[C@H](C)N2CN1n1cc(C(=O)NCc3ccc(F)c(Cl)c3F)c(=O)c(OCc3ccccc3)c1C2=O. The Morgan fingerprint density at radius 3 is 2.54 bits per heavy atom. The van der Waals surface area contributed by atoms with E-state index in [0.717, 1.165) is 17.7 Å². The van der Waals surface area contributed by atoms with Gasteiger partial charge in [0.05, 0.1) is 6.04 Å². The van der Waals surface area contributed by atoms with Crippen molar-refractivity contribution in [3.05, 3.63) is 110 Å². The summed E-state index contributed by atoms with van der Waals surface area (Å²) in [7, 11) is 0. The molecule has 0 radical (unpaired) electrons. The molecule has 2 amide bonds. The molecule has 0 saturated carbocycles. The Hall–Kier alpha value is -4.18. The summed E-state index contributed by atoms with van der Waals surface area (Å²) in [5.74, 6) is -3.42. The van der Waals surface area contributed by atoms with E-state index < -0.39 is 33.9 Å². The highest BCUT2D eigenvalue weighted by Crippen LogP contribution is 2.28. The van der Waals surface area contributed by atoms with Crippen LogP contribution in [-0.2, 0) is 13.2 Å². The fourth-order valence-electron chi connectivity index (χ4n) is 4.56. The zero-order valence-corrected chi connectivity index (χ0v) is 21.9. The molecule has 2 atom stereocenters. The number of pyridine rings is 1. The van der Waals surface area contributed by atoms with Crippen molar-refractivity contribution in [2.75, 3.05) is 11.7 Å². The van der Waals surface area contributed by atoms with Crippen LogP contribution in [0.1, 0.15) is 45.8 Å². The van der Waals surface area contributed by atoms with E-state index in [1.54, 1.807) is 4.90 Å². The van der Waals surface area contributed by atoms with Crippen molar-refractivity contribution in [2.45, 2.75) is 39.1 Å². The van der Waals surface area contributed by atoms with E-state index in [-0.39, 0.29) is 54.5 Å². The molecule has 39 heavy (non-hydrogen) atoms. The number of rotatable bonds is 6. The fraction of sp³-hybridized carbons (Fsp3) is 0.250. The maximum absolute atomic E-state index is 14.4. The van der Waals surface area contributed by atoms with Gasteiger partial charge in [-0.3, -0.25) is 24.1 Å². The molecule has 0 spiro atoms. The predicted octanol–water partition coefficient (Wildman–Crippen LogP) is 3.99. The number of nitrogens with zero attached hydrogens (tertiary/aromatic N) is 3. The lowest BCUT2D eigenvalue weighted by Crippen LogP contribution is -2.57. The van der Waals surface area contributed by atoms with Gasteiger partial charge in [-0.2, -0.15) is 0 Å². The average molecular weight is 555 g/mol. The fourth-order valence-corrected chi connectivity index (χ4v) is 4.75. The molecular weight excluding hydrogens is 530 g/mol. The van der Waals surface area contributed by atoms with Crippen molar-refractivity contribution in [3.63, 3.8) is 0 Å². The van der Waals surface area contributed by atoms with Gasteiger partial charge in [0.2, 0.25) is 5.43 Å². The van der Waals surface area contributed by atoms with Crippen molar-refractivity contribution < 1.29 is 23.1 Å². The van der Waals surface area contributed by atoms with Crippen LogP contribution < -0.4 is 20.5 Å². The number of halogens is 3. The lowest BCUT2D eigenvalue weighted by atomic mass is 10.1. The van der Waals surface area contributed by atoms with Crippen LogP contribution in [-0.4, -0.2) is 40.1 Å². The first-order valence-electron chi connectivity index (χ1n) is 12.3. The summed E-state index contributed by atoms with van der Waals surface area (Å²) < 4.78 is 35.3. The topological polar surface area (TPSA) is 83.9 Å². The zero-order chi connectivity index (χ0) is 27.8. The Morgan fingerprint density at radius 2 is 1.79 bits per heavy atom. The van der Waals surface area contributed by atoms with Gasteiger partial charge in [-0.15, -0.1) is 0 Å². The van der Waals surface area contributed by atoms with Gasteiger partial charge < -0.3 is 15.0 Å². The van der Waals surface area contributed by atoms with Gasteiger partial charge in [-0.25, -0.2) is 8.78 Å². The number of carbonyl (C=O) groups excluding carboxylic acids is 2. The number of amides is 2. The van der Waals surface area contributed by atoms with Gasteiger partial charge >= 0.3 is 0 Å². The van der Waals surface area contributed by atoms with E-state index in [1.165, 1.54) is 10.9 Å². The van der Waals surface area contributed by atoms with Crippen LogP contribution in [0, 0.1) is 11.6 Å². The molecule has 2 bridgehead atoms. The highest BCUT2D eigenvalue weighted by atomic mass is 35.5. The minimum Gasteiger partial charge on any atom is -0.482 e. The molecule has 2 aromatic carbocycles. The minimum absolute atomic E-state index is 0.00984. The molecule has 2 aliphatic rings. The summed E-state index contributed by atoms with van der Waals surface area (Å²) in [5.41, 5.74) is -0.365. The van der Waals surface area contributed by atoms with Crippen molar-refractivity contribution in [2.24, 2.45) is 0 Å². The standard InChI is InChI=1S/C28H25ClF2N4O4/c1-16-8-9-17(2)35-15-33(16)28(38)24-26(39-14-18-6-4-3-5-7-18)25(36)20(13-34(24)35)27(37)32-12-19-10-11-21(30)22(29)23(19)31/h3-11,13,16-17H,12,14-15H2,1-2H3,(H,32,37)/t16-,17+/m0/s1. The molecule has 0 aliphatic carbocycles. The van der Waals surface area contributed by atoms with Crippen LogP contribution in [0.2, 0.25) is 5.02 Å². The number of carbonyl (C=O) groups is 2. The number of aromatic nitrogens is 1. The van der Waals surface area contributed by atoms with Crippen molar-refractivity contribution in [3.8, 4) is 5.75 Å². The van der Waals surface area contributed by atoms with Crippen LogP contribution in [0.25, 0.3) is 0 Å². The van der Waals surface area contributed by atoms with Crippen LogP contribution in [0.4, 0.5) is 8.78 Å². The van der Waals surface area contributed by atoms with Gasteiger partial charge in [0.15, 0.2) is 11.4 Å². The molecule has 0 unspecified atom stereocenters. The summed E-state index contributed by atoms with van der Waals surface area (Å²) in [4.78, 5) is 42.1. The number of hydrogen-bond acceptors (Lipinski definition) is 5. The second-order valence-electron chi connectivity index (χ2n) is 9.41. The number of ether oxygens (including phenoxy) is 1. The van der Waals surface area contributed by atoms with Crippen LogP contribution in [0.15, 0.2) is 65.6 Å². The molecule has 11 heteroatoms. The maximum Gasteiger partial charge on any atom is 0.278 e. The van der Waals surface area contributed by atoms with E-state index in [9.17, 15) is 23.2 Å². The molecule has 3 heterocycles. The summed E-state index contributed by atoms with van der Waals surface area (Å²) in [5, 5.41) is 3.64. The summed E-state index contributed by atoms with van der Waals surface area (Å²) in [6.07, 6.45) is 5.15. The second-order valence-corrected chi connectivity index (χ2v) is 9.79. The first kappa shape index (κ1) is 26.4. The summed E-state index contributed by atoms with van der Waals surface area (Å²) >= 11 is 5.65. The van der Waals surface area contributed by atoms with E-state index in [1.807, 2.05) is 61.3 Å². The van der Waals surface area contributed by atoms with Gasteiger partial charge in [0, 0.05) is 24.3 Å². The van der Waals surface area contributed by atoms with Gasteiger partial charge in [-0.1, -0.05) is 60.2 Å². The lowest BCUT2D eigenvalue weighted by molar-refractivity contribution is 0.0649. The lowest BCUT2D eigenvalue weighted by Gasteiger charge is -2.42. The highest BCUT2D eigenvalue weighted by Gasteiger charge is 2.39. The molecule has 2 aliphatic heterocycles. The quantitative estimate of drug-likeness (QED) is 0.368. The Balaban J connectivity index is 1.56. The zero-order valence-electron chi connectivity index (χ0n) is 21.2. The van der Waals surface area contributed by atoms with Crippen LogP contribution in [0.5, 0.6) is 5.75 Å². The van der Waals surface area contributed by atoms with E-state index >= 15 is 0 Å². The Labute approximate surface area is 228 Å². The third-order valence-electron chi connectivity index (χ3n) is 6.84. The van der Waals surface area contributed by atoms with Gasteiger partial charge in [0.1, 0.15) is 35.5 Å². The van der Waals surface area contributed by atoms with Crippen molar-refractivity contribution in [1.82, 2.24) is 14.9 Å². The van der Waals surface area contributed by atoms with Crippen molar-refractivity contribution in [1.29, 1.82) is 0 Å². The van der Waals surface area contributed by atoms with E-state index in [2.05, 4.69) is 5.32 Å². The monoisotopic (exact) mass is 554 g/mol. The van der Waals surface area contributed by atoms with Crippen LogP contribution >= 0.6 is 11.6 Å². The Kier molecular flexibility index (Phi) is 7.14. The normalized spacial score (nSPS) is 18.0. The minimum atomic E-state index is -1.00. The van der Waals surface area contributed by atoms with E-state index in [4.69, 9.17) is 16.3 Å². The number of nitrogens with one attached hydrogen (secondary N) is 1. The number of hydrogen-bond donors (Lipinski definition) is 1. The molecule has 3 aromatic rings. The smallest absolute Gasteiger partial charge is 0.278 e. The molecule has 1 aromatic heterocycles. The van der Waals surface area contributed by atoms with Gasteiger partial charge in [0.25, 0.3) is 11.8 Å². The molecule has 0 saturated heterocycles. The highest BCUT2D eigenvalue weighted by molar-refractivity contribution is 6.30.